The lowest BCUT2D eigenvalue weighted by atomic mass is 10.2. The number of rotatable bonds is 4. The molecule has 0 radical (unpaired) electrons. The molecule has 19 heavy (non-hydrogen) atoms. The Hall–Kier alpha value is -2.49. The fraction of sp³-hybridized carbons (Fsp3) is 0.133. The summed E-state index contributed by atoms with van der Waals surface area (Å²) in [6, 6.07) is 14.0. The number of ether oxygens (including phenoxy) is 2. The van der Waals surface area contributed by atoms with Gasteiger partial charge >= 0.3 is 5.97 Å². The molecule has 0 spiro atoms. The SMILES string of the molecule is COc1cccc(C(=O)OCc2ccccc2)c1O. The summed E-state index contributed by atoms with van der Waals surface area (Å²) in [5.41, 5.74) is 0.980. The molecule has 2 rings (SSSR count). The van der Waals surface area contributed by atoms with E-state index in [-0.39, 0.29) is 23.7 Å². The van der Waals surface area contributed by atoms with Gasteiger partial charge in [-0.2, -0.15) is 0 Å². The third-order valence-electron chi connectivity index (χ3n) is 2.65. The lowest BCUT2D eigenvalue weighted by Crippen LogP contribution is -2.06. The Bertz CT molecular complexity index is 564. The van der Waals surface area contributed by atoms with Crippen molar-refractivity contribution in [2.75, 3.05) is 7.11 Å². The van der Waals surface area contributed by atoms with Gasteiger partial charge in [0.2, 0.25) is 0 Å². The highest BCUT2D eigenvalue weighted by atomic mass is 16.5. The summed E-state index contributed by atoms with van der Waals surface area (Å²) in [6.45, 7) is 0.163. The van der Waals surface area contributed by atoms with Gasteiger partial charge in [0.15, 0.2) is 11.5 Å². The lowest BCUT2D eigenvalue weighted by molar-refractivity contribution is 0.0468. The summed E-state index contributed by atoms with van der Waals surface area (Å²) in [7, 11) is 1.42. The summed E-state index contributed by atoms with van der Waals surface area (Å²) in [4.78, 5) is 11.9. The normalized spacial score (nSPS) is 9.95. The molecule has 0 atom stereocenters. The van der Waals surface area contributed by atoms with Crippen molar-refractivity contribution in [2.24, 2.45) is 0 Å². The zero-order valence-electron chi connectivity index (χ0n) is 10.5. The van der Waals surface area contributed by atoms with E-state index in [2.05, 4.69) is 0 Å². The Morgan fingerprint density at radius 2 is 1.84 bits per heavy atom. The van der Waals surface area contributed by atoms with Gasteiger partial charge in [-0.05, 0) is 17.7 Å². The van der Waals surface area contributed by atoms with Crippen molar-refractivity contribution < 1.29 is 19.4 Å². The Morgan fingerprint density at radius 3 is 2.53 bits per heavy atom. The van der Waals surface area contributed by atoms with E-state index in [0.29, 0.717) is 0 Å². The summed E-state index contributed by atoms with van der Waals surface area (Å²) in [5.74, 6) is -0.544. The molecule has 4 nitrogen and oxygen atoms in total. The van der Waals surface area contributed by atoms with Crippen LogP contribution in [0.5, 0.6) is 11.5 Å². The Kier molecular flexibility index (Phi) is 4.03. The molecule has 0 aliphatic heterocycles. The molecule has 98 valence electrons. The van der Waals surface area contributed by atoms with E-state index in [1.54, 1.807) is 12.1 Å². The lowest BCUT2D eigenvalue weighted by Gasteiger charge is -2.08. The first kappa shape index (κ1) is 13.0. The number of carbonyl (C=O) groups excluding carboxylic acids is 1. The van der Waals surface area contributed by atoms with E-state index in [0.717, 1.165) is 5.56 Å². The van der Waals surface area contributed by atoms with Gasteiger partial charge in [0.05, 0.1) is 7.11 Å². The van der Waals surface area contributed by atoms with Crippen LogP contribution in [0.2, 0.25) is 0 Å². The summed E-state index contributed by atoms with van der Waals surface area (Å²) in [5, 5.41) is 9.83. The van der Waals surface area contributed by atoms with Crippen LogP contribution in [0.15, 0.2) is 48.5 Å². The van der Waals surface area contributed by atoms with Crippen LogP contribution >= 0.6 is 0 Å². The molecule has 1 N–H and O–H groups in total. The second-order valence-corrected chi connectivity index (χ2v) is 3.92. The average Bonchev–Trinajstić information content (AvgIpc) is 2.46. The first-order valence-corrected chi connectivity index (χ1v) is 5.79. The van der Waals surface area contributed by atoms with Crippen molar-refractivity contribution in [3.05, 3.63) is 59.7 Å². The number of para-hydroxylation sites is 1. The standard InChI is InChI=1S/C15H14O4/c1-18-13-9-5-8-12(14(13)16)15(17)19-10-11-6-3-2-4-7-11/h2-9,16H,10H2,1H3. The van der Waals surface area contributed by atoms with Crippen LogP contribution in [-0.2, 0) is 11.3 Å². The minimum Gasteiger partial charge on any atom is -0.504 e. The topological polar surface area (TPSA) is 55.8 Å². The highest BCUT2D eigenvalue weighted by Gasteiger charge is 2.15. The molecule has 2 aromatic rings. The number of benzene rings is 2. The van der Waals surface area contributed by atoms with Crippen molar-refractivity contribution in [1.82, 2.24) is 0 Å². The largest absolute Gasteiger partial charge is 0.504 e. The molecule has 2 aromatic carbocycles. The molecule has 0 unspecified atom stereocenters. The van der Waals surface area contributed by atoms with Crippen LogP contribution < -0.4 is 4.74 Å². The summed E-state index contributed by atoms with van der Waals surface area (Å²) < 4.78 is 10.1. The molecule has 0 aromatic heterocycles. The fourth-order valence-electron chi connectivity index (χ4n) is 1.65. The van der Waals surface area contributed by atoms with Crippen molar-refractivity contribution in [3.63, 3.8) is 0 Å². The third kappa shape index (κ3) is 3.04. The number of phenols is 1. The predicted molar refractivity (Wildman–Crippen MR) is 70.2 cm³/mol. The highest BCUT2D eigenvalue weighted by molar-refractivity contribution is 5.93. The van der Waals surface area contributed by atoms with Gasteiger partial charge in [0.25, 0.3) is 0 Å². The number of phenolic OH excluding ortho intramolecular Hbond substituents is 1. The molecular weight excluding hydrogens is 244 g/mol. The van der Waals surface area contributed by atoms with Crippen molar-refractivity contribution in [3.8, 4) is 11.5 Å². The van der Waals surface area contributed by atoms with E-state index < -0.39 is 5.97 Å². The van der Waals surface area contributed by atoms with E-state index in [9.17, 15) is 9.90 Å². The molecule has 0 saturated carbocycles. The minimum absolute atomic E-state index is 0.0929. The smallest absolute Gasteiger partial charge is 0.342 e. The Balaban J connectivity index is 2.08. The van der Waals surface area contributed by atoms with Gasteiger partial charge in [-0.3, -0.25) is 0 Å². The van der Waals surface area contributed by atoms with E-state index in [1.807, 2.05) is 30.3 Å². The maximum atomic E-state index is 11.9. The molecule has 0 aliphatic rings. The quantitative estimate of drug-likeness (QED) is 0.857. The van der Waals surface area contributed by atoms with Gasteiger partial charge in [0, 0.05) is 0 Å². The first-order chi connectivity index (χ1) is 9.22. The molecule has 0 bridgehead atoms. The number of hydrogen-bond donors (Lipinski definition) is 1. The Morgan fingerprint density at radius 1 is 1.11 bits per heavy atom. The van der Waals surface area contributed by atoms with Gasteiger partial charge in [0.1, 0.15) is 12.2 Å². The van der Waals surface area contributed by atoms with Crippen LogP contribution in [0.4, 0.5) is 0 Å². The van der Waals surface area contributed by atoms with Gasteiger partial charge in [-0.25, -0.2) is 4.79 Å². The predicted octanol–water partition coefficient (Wildman–Crippen LogP) is 2.76. The number of carbonyl (C=O) groups is 1. The second kappa shape index (κ2) is 5.91. The molecule has 0 aliphatic carbocycles. The number of aromatic hydroxyl groups is 1. The van der Waals surface area contributed by atoms with E-state index in [1.165, 1.54) is 13.2 Å². The average molecular weight is 258 g/mol. The zero-order chi connectivity index (χ0) is 13.7. The van der Waals surface area contributed by atoms with Crippen LogP contribution in [0.1, 0.15) is 15.9 Å². The molecule has 0 saturated heterocycles. The van der Waals surface area contributed by atoms with Gasteiger partial charge in [-0.15, -0.1) is 0 Å². The summed E-state index contributed by atoms with van der Waals surface area (Å²) >= 11 is 0. The first-order valence-electron chi connectivity index (χ1n) is 5.79. The van der Waals surface area contributed by atoms with Gasteiger partial charge < -0.3 is 14.6 Å². The van der Waals surface area contributed by atoms with Crippen LogP contribution in [0.25, 0.3) is 0 Å². The number of methoxy groups -OCH3 is 1. The third-order valence-corrected chi connectivity index (χ3v) is 2.65. The summed E-state index contributed by atoms with van der Waals surface area (Å²) in [6.07, 6.45) is 0. The number of hydrogen-bond acceptors (Lipinski definition) is 4. The molecule has 0 fully saturated rings. The van der Waals surface area contributed by atoms with Crippen LogP contribution in [-0.4, -0.2) is 18.2 Å². The highest BCUT2D eigenvalue weighted by Crippen LogP contribution is 2.29. The minimum atomic E-state index is -0.583. The Labute approximate surface area is 111 Å². The van der Waals surface area contributed by atoms with Crippen molar-refractivity contribution >= 4 is 5.97 Å². The number of esters is 1. The monoisotopic (exact) mass is 258 g/mol. The van der Waals surface area contributed by atoms with E-state index >= 15 is 0 Å². The van der Waals surface area contributed by atoms with E-state index in [4.69, 9.17) is 9.47 Å². The van der Waals surface area contributed by atoms with Crippen molar-refractivity contribution in [1.29, 1.82) is 0 Å². The van der Waals surface area contributed by atoms with Gasteiger partial charge in [-0.1, -0.05) is 36.4 Å². The molecule has 0 heterocycles. The maximum Gasteiger partial charge on any atom is 0.342 e. The molecular formula is C15H14O4. The van der Waals surface area contributed by atoms with Crippen LogP contribution in [0, 0.1) is 0 Å². The fourth-order valence-corrected chi connectivity index (χ4v) is 1.65. The molecule has 0 amide bonds. The zero-order valence-corrected chi connectivity index (χ0v) is 10.5. The van der Waals surface area contributed by atoms with Crippen LogP contribution in [0.3, 0.4) is 0 Å². The molecule has 4 heteroatoms. The second-order valence-electron chi connectivity index (χ2n) is 3.92. The maximum absolute atomic E-state index is 11.9. The van der Waals surface area contributed by atoms with Crippen molar-refractivity contribution in [2.45, 2.75) is 6.61 Å².